The van der Waals surface area contributed by atoms with E-state index in [9.17, 15) is 27.9 Å². The molecule has 0 saturated carbocycles. The second-order valence-corrected chi connectivity index (χ2v) is 5.81. The Bertz CT molecular complexity index is 890. The second kappa shape index (κ2) is 8.90. The molecular weight excluding hydrogens is 375 g/mol. The average Bonchev–Trinajstić information content (AvgIpc) is 2.67. The number of rotatable bonds is 6. The number of aromatic hydroxyl groups is 1. The standard InChI is InChI=1S/C19H16F3N3O3/c20-19(21,22)14-3-1-2-13(10-14)17(27)25-11-16(18(28)24-9-8-23)12-4-6-15(26)7-5-12/h1-7,10,16,26H,9,11H2,(H,24,28)(H,25,27). The van der Waals surface area contributed by atoms with Crippen LogP contribution in [0.4, 0.5) is 13.2 Å². The molecule has 0 aromatic heterocycles. The van der Waals surface area contributed by atoms with Gasteiger partial charge in [-0.25, -0.2) is 0 Å². The lowest BCUT2D eigenvalue weighted by Crippen LogP contribution is -2.37. The molecule has 28 heavy (non-hydrogen) atoms. The van der Waals surface area contributed by atoms with Crippen LogP contribution in [-0.4, -0.2) is 30.0 Å². The molecule has 0 spiro atoms. The third kappa shape index (κ3) is 5.48. The van der Waals surface area contributed by atoms with E-state index in [0.29, 0.717) is 5.56 Å². The molecule has 0 aliphatic rings. The zero-order chi connectivity index (χ0) is 20.7. The zero-order valence-electron chi connectivity index (χ0n) is 14.5. The number of halogens is 3. The van der Waals surface area contributed by atoms with Crippen molar-refractivity contribution in [3.8, 4) is 11.8 Å². The van der Waals surface area contributed by atoms with Gasteiger partial charge in [0.1, 0.15) is 12.3 Å². The number of carbonyl (C=O) groups is 2. The van der Waals surface area contributed by atoms with Crippen molar-refractivity contribution in [1.29, 1.82) is 5.26 Å². The number of benzene rings is 2. The Balaban J connectivity index is 2.16. The number of phenolic OH excluding ortho intramolecular Hbond substituents is 1. The van der Waals surface area contributed by atoms with Crippen molar-refractivity contribution in [3.63, 3.8) is 0 Å². The van der Waals surface area contributed by atoms with Crippen LogP contribution in [0.2, 0.25) is 0 Å². The minimum absolute atomic E-state index is 0.0204. The minimum atomic E-state index is -4.58. The second-order valence-electron chi connectivity index (χ2n) is 5.81. The molecule has 9 heteroatoms. The van der Waals surface area contributed by atoms with Crippen molar-refractivity contribution < 1.29 is 27.9 Å². The summed E-state index contributed by atoms with van der Waals surface area (Å²) in [6, 6.07) is 11.3. The van der Waals surface area contributed by atoms with Gasteiger partial charge in [-0.3, -0.25) is 9.59 Å². The monoisotopic (exact) mass is 391 g/mol. The molecule has 2 aromatic rings. The van der Waals surface area contributed by atoms with Gasteiger partial charge >= 0.3 is 6.18 Å². The van der Waals surface area contributed by atoms with Gasteiger partial charge in [-0.2, -0.15) is 18.4 Å². The van der Waals surface area contributed by atoms with Crippen LogP contribution in [0.3, 0.4) is 0 Å². The highest BCUT2D eigenvalue weighted by atomic mass is 19.4. The number of nitriles is 1. The summed E-state index contributed by atoms with van der Waals surface area (Å²) in [4.78, 5) is 24.5. The summed E-state index contributed by atoms with van der Waals surface area (Å²) >= 11 is 0. The third-order valence-electron chi connectivity index (χ3n) is 3.87. The third-order valence-corrected chi connectivity index (χ3v) is 3.87. The molecule has 0 heterocycles. The van der Waals surface area contributed by atoms with Gasteiger partial charge in [0.2, 0.25) is 5.91 Å². The van der Waals surface area contributed by atoms with E-state index in [1.165, 1.54) is 30.3 Å². The number of hydrogen-bond acceptors (Lipinski definition) is 4. The fourth-order valence-electron chi connectivity index (χ4n) is 2.45. The number of phenols is 1. The van der Waals surface area contributed by atoms with E-state index in [2.05, 4.69) is 10.6 Å². The number of carbonyl (C=O) groups excluding carboxylic acids is 2. The Morgan fingerprint density at radius 3 is 2.39 bits per heavy atom. The lowest BCUT2D eigenvalue weighted by molar-refractivity contribution is -0.137. The molecule has 0 fully saturated rings. The predicted octanol–water partition coefficient (Wildman–Crippen LogP) is 2.56. The smallest absolute Gasteiger partial charge is 0.416 e. The number of nitrogens with zero attached hydrogens (tertiary/aromatic N) is 1. The largest absolute Gasteiger partial charge is 0.508 e. The molecule has 3 N–H and O–H groups in total. The van der Waals surface area contributed by atoms with Crippen molar-refractivity contribution in [2.45, 2.75) is 12.1 Å². The zero-order valence-corrected chi connectivity index (χ0v) is 14.5. The molecular formula is C19H16F3N3O3. The highest BCUT2D eigenvalue weighted by Gasteiger charge is 2.31. The van der Waals surface area contributed by atoms with Crippen molar-refractivity contribution >= 4 is 11.8 Å². The summed E-state index contributed by atoms with van der Waals surface area (Å²) in [5.74, 6) is -2.24. The highest BCUT2D eigenvalue weighted by molar-refractivity contribution is 5.95. The van der Waals surface area contributed by atoms with Crippen LogP contribution in [0, 0.1) is 11.3 Å². The van der Waals surface area contributed by atoms with E-state index in [1.54, 1.807) is 6.07 Å². The van der Waals surface area contributed by atoms with Gasteiger partial charge in [0.15, 0.2) is 0 Å². The Morgan fingerprint density at radius 1 is 1.11 bits per heavy atom. The molecule has 2 amide bonds. The quantitative estimate of drug-likeness (QED) is 0.659. The summed E-state index contributed by atoms with van der Waals surface area (Å²) < 4.78 is 38.4. The first kappa shape index (κ1) is 20.8. The van der Waals surface area contributed by atoms with Gasteiger partial charge in [0.05, 0.1) is 17.6 Å². The van der Waals surface area contributed by atoms with Crippen molar-refractivity contribution in [3.05, 3.63) is 65.2 Å². The van der Waals surface area contributed by atoms with Gasteiger partial charge < -0.3 is 15.7 Å². The predicted molar refractivity (Wildman–Crippen MR) is 93.2 cm³/mol. The summed E-state index contributed by atoms with van der Waals surface area (Å²) in [5.41, 5.74) is -0.698. The van der Waals surface area contributed by atoms with E-state index in [4.69, 9.17) is 5.26 Å². The van der Waals surface area contributed by atoms with Crippen molar-refractivity contribution in [2.75, 3.05) is 13.1 Å². The molecule has 2 aromatic carbocycles. The van der Waals surface area contributed by atoms with Gasteiger partial charge in [0.25, 0.3) is 5.91 Å². The van der Waals surface area contributed by atoms with E-state index in [-0.39, 0.29) is 24.4 Å². The molecule has 0 saturated heterocycles. The van der Waals surface area contributed by atoms with Crippen molar-refractivity contribution in [1.82, 2.24) is 10.6 Å². The molecule has 0 aliphatic carbocycles. The number of nitrogens with one attached hydrogen (secondary N) is 2. The molecule has 0 radical (unpaired) electrons. The molecule has 1 unspecified atom stereocenters. The number of amides is 2. The van der Waals surface area contributed by atoms with E-state index in [1.807, 2.05) is 0 Å². The van der Waals surface area contributed by atoms with Crippen LogP contribution >= 0.6 is 0 Å². The first-order valence-electron chi connectivity index (χ1n) is 8.11. The average molecular weight is 391 g/mol. The van der Waals surface area contributed by atoms with Crippen LogP contribution in [0.25, 0.3) is 0 Å². The van der Waals surface area contributed by atoms with Gasteiger partial charge in [-0.05, 0) is 35.9 Å². The molecule has 6 nitrogen and oxygen atoms in total. The van der Waals surface area contributed by atoms with Crippen LogP contribution in [0.15, 0.2) is 48.5 Å². The van der Waals surface area contributed by atoms with E-state index >= 15 is 0 Å². The normalized spacial score (nSPS) is 11.9. The van der Waals surface area contributed by atoms with E-state index < -0.39 is 29.5 Å². The lowest BCUT2D eigenvalue weighted by atomic mass is 9.97. The maximum atomic E-state index is 12.8. The number of alkyl halides is 3. The summed E-state index contributed by atoms with van der Waals surface area (Å²) in [6.07, 6.45) is -4.58. The van der Waals surface area contributed by atoms with Crippen molar-refractivity contribution in [2.24, 2.45) is 0 Å². The van der Waals surface area contributed by atoms with Gasteiger partial charge in [-0.1, -0.05) is 18.2 Å². The van der Waals surface area contributed by atoms with E-state index in [0.717, 1.165) is 18.2 Å². The fourth-order valence-corrected chi connectivity index (χ4v) is 2.45. The first-order chi connectivity index (χ1) is 13.2. The molecule has 0 bridgehead atoms. The first-order valence-corrected chi connectivity index (χ1v) is 8.11. The summed E-state index contributed by atoms with van der Waals surface area (Å²) in [7, 11) is 0. The van der Waals surface area contributed by atoms with Crippen LogP contribution < -0.4 is 10.6 Å². The van der Waals surface area contributed by atoms with Crippen LogP contribution in [-0.2, 0) is 11.0 Å². The maximum absolute atomic E-state index is 12.8. The van der Waals surface area contributed by atoms with Crippen LogP contribution in [0.1, 0.15) is 27.4 Å². The Labute approximate surface area is 158 Å². The highest BCUT2D eigenvalue weighted by Crippen LogP contribution is 2.29. The minimum Gasteiger partial charge on any atom is -0.508 e. The molecule has 1 atom stereocenters. The summed E-state index contributed by atoms with van der Waals surface area (Å²) in [6.45, 7) is -0.452. The molecule has 0 aliphatic heterocycles. The van der Waals surface area contributed by atoms with Gasteiger partial charge in [0, 0.05) is 12.1 Å². The van der Waals surface area contributed by atoms with Gasteiger partial charge in [-0.15, -0.1) is 0 Å². The Hall–Kier alpha value is -3.54. The summed E-state index contributed by atoms with van der Waals surface area (Å²) in [5, 5.41) is 22.8. The molecule has 2 rings (SSSR count). The fraction of sp³-hybridized carbons (Fsp3) is 0.211. The maximum Gasteiger partial charge on any atom is 0.416 e. The Kier molecular flexibility index (Phi) is 6.60. The van der Waals surface area contributed by atoms with Crippen LogP contribution in [0.5, 0.6) is 5.75 Å². The lowest BCUT2D eigenvalue weighted by Gasteiger charge is -2.17. The topological polar surface area (TPSA) is 102 Å². The Morgan fingerprint density at radius 2 is 1.79 bits per heavy atom. The SMILES string of the molecule is N#CCNC(=O)C(CNC(=O)c1cccc(C(F)(F)F)c1)c1ccc(O)cc1. The number of hydrogen-bond donors (Lipinski definition) is 3. The molecule has 146 valence electrons.